The molecule has 0 spiro atoms. The molecule has 0 bridgehead atoms. The van der Waals surface area contributed by atoms with Gasteiger partial charge in [0.1, 0.15) is 0 Å². The summed E-state index contributed by atoms with van der Waals surface area (Å²) in [6.07, 6.45) is 0.257. The number of benzene rings is 3. The normalized spacial score (nSPS) is 15.3. The van der Waals surface area contributed by atoms with E-state index in [2.05, 4.69) is 15.9 Å². The molecule has 0 saturated heterocycles. The molecule has 29 heavy (non-hydrogen) atoms. The number of carbonyl (C=O) groups is 2. The fourth-order valence-corrected chi connectivity index (χ4v) is 4.13. The zero-order valence-electron chi connectivity index (χ0n) is 15.9. The summed E-state index contributed by atoms with van der Waals surface area (Å²) in [7, 11) is 0. The van der Waals surface area contributed by atoms with Gasteiger partial charge in [0.05, 0.1) is 16.7 Å². The van der Waals surface area contributed by atoms with Gasteiger partial charge in [-0.25, -0.2) is 0 Å². The molecule has 0 fully saturated rings. The summed E-state index contributed by atoms with van der Waals surface area (Å²) in [5.74, 6) is -0.601. The van der Waals surface area contributed by atoms with Gasteiger partial charge in [0, 0.05) is 11.0 Å². The van der Waals surface area contributed by atoms with Gasteiger partial charge in [-0.15, -0.1) is 0 Å². The number of hydrogen-bond acceptors (Lipinski definition) is 3. The van der Waals surface area contributed by atoms with Crippen molar-refractivity contribution in [2.75, 3.05) is 6.54 Å². The summed E-state index contributed by atoms with van der Waals surface area (Å²) in [4.78, 5) is 26.2. The van der Waals surface area contributed by atoms with Crippen molar-refractivity contribution in [2.45, 2.75) is 18.9 Å². The molecule has 1 heterocycles. The van der Waals surface area contributed by atoms with Crippen molar-refractivity contribution in [2.24, 2.45) is 0 Å². The van der Waals surface area contributed by atoms with Gasteiger partial charge in [0.2, 0.25) is 0 Å². The van der Waals surface area contributed by atoms with Crippen LogP contribution >= 0.6 is 15.9 Å². The highest BCUT2D eigenvalue weighted by Crippen LogP contribution is 2.32. The molecule has 2 amide bonds. The number of halogens is 1. The second-order valence-electron chi connectivity index (χ2n) is 7.39. The first-order chi connectivity index (χ1) is 13.9. The van der Waals surface area contributed by atoms with Crippen LogP contribution in [0.1, 0.15) is 39.6 Å². The molecule has 0 aromatic heterocycles. The number of aliphatic hydroxyl groups is 1. The number of carbonyl (C=O) groups excluding carboxylic acids is 2. The van der Waals surface area contributed by atoms with Crippen LogP contribution in [0.5, 0.6) is 0 Å². The molecule has 5 heteroatoms. The van der Waals surface area contributed by atoms with Gasteiger partial charge in [0.15, 0.2) is 0 Å². The summed E-state index contributed by atoms with van der Waals surface area (Å²) < 4.78 is 1.00. The van der Waals surface area contributed by atoms with Crippen molar-refractivity contribution < 1.29 is 14.7 Å². The number of rotatable bonds is 5. The molecule has 1 atom stereocenters. The molecular weight excluding hydrogens is 430 g/mol. The maximum Gasteiger partial charge on any atom is 0.261 e. The quantitative estimate of drug-likeness (QED) is 0.556. The zero-order chi connectivity index (χ0) is 20.6. The minimum atomic E-state index is -1.16. The van der Waals surface area contributed by atoms with Crippen molar-refractivity contribution in [1.29, 1.82) is 0 Å². The Balaban J connectivity index is 1.49. The number of hydrogen-bond donors (Lipinski definition) is 1. The number of amides is 2. The first-order valence-electron chi connectivity index (χ1n) is 9.41. The van der Waals surface area contributed by atoms with Crippen molar-refractivity contribution in [3.8, 4) is 11.1 Å². The van der Waals surface area contributed by atoms with E-state index < -0.39 is 5.60 Å². The highest BCUT2D eigenvalue weighted by Gasteiger charge is 2.36. The predicted molar refractivity (Wildman–Crippen MR) is 116 cm³/mol. The molecule has 1 unspecified atom stereocenters. The van der Waals surface area contributed by atoms with E-state index in [0.29, 0.717) is 11.1 Å². The Bertz CT molecular complexity index is 1050. The van der Waals surface area contributed by atoms with Gasteiger partial charge < -0.3 is 5.11 Å². The van der Waals surface area contributed by atoms with Crippen LogP contribution in [0.3, 0.4) is 0 Å². The number of imide groups is 1. The topological polar surface area (TPSA) is 57.6 Å². The lowest BCUT2D eigenvalue weighted by Gasteiger charge is -2.26. The Morgan fingerprint density at radius 3 is 1.90 bits per heavy atom. The minimum absolute atomic E-state index is 0.158. The highest BCUT2D eigenvalue weighted by molar-refractivity contribution is 9.10. The van der Waals surface area contributed by atoms with E-state index in [4.69, 9.17) is 0 Å². The first kappa shape index (κ1) is 19.6. The number of nitrogens with zero attached hydrogens (tertiary/aromatic N) is 1. The molecule has 4 nitrogen and oxygen atoms in total. The summed E-state index contributed by atoms with van der Waals surface area (Å²) in [6, 6.07) is 22.5. The van der Waals surface area contributed by atoms with Crippen LogP contribution in [0.25, 0.3) is 11.1 Å². The fourth-order valence-electron chi connectivity index (χ4n) is 3.62. The van der Waals surface area contributed by atoms with E-state index in [1.165, 1.54) is 4.90 Å². The van der Waals surface area contributed by atoms with Crippen molar-refractivity contribution in [3.63, 3.8) is 0 Å². The molecule has 1 aliphatic rings. The summed E-state index contributed by atoms with van der Waals surface area (Å²) in [5.41, 5.74) is 2.54. The fraction of sp³-hybridized carbons (Fsp3) is 0.167. The Morgan fingerprint density at radius 2 is 1.34 bits per heavy atom. The Kier molecular flexibility index (Phi) is 5.11. The molecule has 1 aliphatic heterocycles. The van der Waals surface area contributed by atoms with Crippen molar-refractivity contribution in [3.05, 3.63) is 94.0 Å². The summed E-state index contributed by atoms with van der Waals surface area (Å²) in [6.45, 7) is 1.87. The van der Waals surface area contributed by atoms with Crippen LogP contribution in [-0.4, -0.2) is 28.4 Å². The van der Waals surface area contributed by atoms with Crippen molar-refractivity contribution >= 4 is 27.7 Å². The van der Waals surface area contributed by atoms with Gasteiger partial charge in [-0.05, 0) is 48.2 Å². The minimum Gasteiger partial charge on any atom is -0.385 e. The third-order valence-corrected chi connectivity index (χ3v) is 6.08. The lowest BCUT2D eigenvalue weighted by Crippen LogP contribution is -2.35. The molecular formula is C24H20BrNO3. The van der Waals surface area contributed by atoms with Crippen LogP contribution in [0.4, 0.5) is 0 Å². The molecule has 3 aromatic carbocycles. The smallest absolute Gasteiger partial charge is 0.261 e. The maximum atomic E-state index is 12.5. The molecule has 1 N–H and O–H groups in total. The van der Waals surface area contributed by atoms with Gasteiger partial charge in [-0.1, -0.05) is 70.5 Å². The third-order valence-electron chi connectivity index (χ3n) is 5.39. The molecule has 0 aliphatic carbocycles. The largest absolute Gasteiger partial charge is 0.385 e. The molecule has 0 saturated carbocycles. The van der Waals surface area contributed by atoms with E-state index in [0.717, 1.165) is 21.2 Å². The first-order valence-corrected chi connectivity index (χ1v) is 10.2. The Morgan fingerprint density at radius 1 is 0.828 bits per heavy atom. The molecule has 146 valence electrons. The standard InChI is InChI=1S/C24H20BrNO3/c1-24(29,14-15-26-22(27)19-7-2-3-8-20(19)23(26)28)17-12-10-16(11-13-17)18-6-4-5-9-21(18)25/h2-13,29H,14-15H2,1H3. The average Bonchev–Trinajstić information content (AvgIpc) is 2.97. The van der Waals surface area contributed by atoms with Crippen LogP contribution in [-0.2, 0) is 5.60 Å². The monoisotopic (exact) mass is 449 g/mol. The van der Waals surface area contributed by atoms with E-state index in [9.17, 15) is 14.7 Å². The molecule has 4 rings (SSSR count). The van der Waals surface area contributed by atoms with Crippen LogP contribution in [0, 0.1) is 0 Å². The van der Waals surface area contributed by atoms with Crippen LogP contribution in [0.15, 0.2) is 77.3 Å². The van der Waals surface area contributed by atoms with Gasteiger partial charge >= 0.3 is 0 Å². The van der Waals surface area contributed by atoms with Crippen molar-refractivity contribution in [1.82, 2.24) is 4.90 Å². The molecule has 3 aromatic rings. The summed E-state index contributed by atoms with van der Waals surface area (Å²) in [5, 5.41) is 11.0. The lowest BCUT2D eigenvalue weighted by molar-refractivity contribution is 0.0339. The Hall–Kier alpha value is -2.76. The SMILES string of the molecule is CC(O)(CCN1C(=O)c2ccccc2C1=O)c1ccc(-c2ccccc2Br)cc1. The molecule has 0 radical (unpaired) electrons. The van der Waals surface area contributed by atoms with E-state index >= 15 is 0 Å². The second kappa shape index (κ2) is 7.58. The van der Waals surface area contributed by atoms with E-state index in [1.54, 1.807) is 31.2 Å². The van der Waals surface area contributed by atoms with E-state index in [-0.39, 0.29) is 24.8 Å². The average molecular weight is 450 g/mol. The summed E-state index contributed by atoms with van der Waals surface area (Å²) >= 11 is 3.56. The number of fused-ring (bicyclic) bond motifs is 1. The van der Waals surface area contributed by atoms with Crippen LogP contribution in [0.2, 0.25) is 0 Å². The van der Waals surface area contributed by atoms with Gasteiger partial charge in [0.25, 0.3) is 11.8 Å². The zero-order valence-corrected chi connectivity index (χ0v) is 17.5. The van der Waals surface area contributed by atoms with Gasteiger partial charge in [-0.3, -0.25) is 14.5 Å². The highest BCUT2D eigenvalue weighted by atomic mass is 79.9. The maximum absolute atomic E-state index is 12.5. The lowest BCUT2D eigenvalue weighted by atomic mass is 9.91. The predicted octanol–water partition coefficient (Wildman–Crippen LogP) is 5.01. The van der Waals surface area contributed by atoms with Crippen LogP contribution < -0.4 is 0 Å². The third kappa shape index (κ3) is 3.63. The Labute approximate surface area is 177 Å². The van der Waals surface area contributed by atoms with Gasteiger partial charge in [-0.2, -0.15) is 0 Å². The second-order valence-corrected chi connectivity index (χ2v) is 8.24. The van der Waals surface area contributed by atoms with E-state index in [1.807, 2.05) is 48.5 Å².